The summed E-state index contributed by atoms with van der Waals surface area (Å²) in [5.74, 6) is 1.64. The molecule has 0 aromatic rings. The summed E-state index contributed by atoms with van der Waals surface area (Å²) in [6.45, 7) is 14.2. The summed E-state index contributed by atoms with van der Waals surface area (Å²) in [6.07, 6.45) is 2.77. The van der Waals surface area contributed by atoms with Crippen LogP contribution in [0, 0.1) is 11.8 Å². The minimum atomic E-state index is 0. The molecule has 1 saturated heterocycles. The van der Waals surface area contributed by atoms with Gasteiger partial charge in [-0.2, -0.15) is 0 Å². The van der Waals surface area contributed by atoms with Crippen LogP contribution in [0.1, 0.15) is 40.5 Å². The molecule has 0 spiro atoms. The molecule has 1 aliphatic rings. The molecule has 16 heavy (non-hydrogen) atoms. The van der Waals surface area contributed by atoms with Gasteiger partial charge in [0, 0.05) is 12.6 Å². The molecule has 2 unspecified atom stereocenters. The predicted octanol–water partition coefficient (Wildman–Crippen LogP) is 2.77. The molecule has 0 aliphatic carbocycles. The summed E-state index contributed by atoms with van der Waals surface area (Å²) in [5.41, 5.74) is 0. The Bertz CT molecular complexity index is 167. The molecule has 1 fully saturated rings. The number of rotatable bonds is 5. The normalized spacial score (nSPS) is 23.2. The second-order valence-corrected chi connectivity index (χ2v) is 5.28. The van der Waals surface area contributed by atoms with Crippen molar-refractivity contribution in [1.82, 2.24) is 10.2 Å². The zero-order chi connectivity index (χ0) is 11.3. The van der Waals surface area contributed by atoms with Gasteiger partial charge in [0.15, 0.2) is 0 Å². The van der Waals surface area contributed by atoms with Gasteiger partial charge in [0.05, 0.1) is 0 Å². The highest BCUT2D eigenvalue weighted by Gasteiger charge is 2.20. The van der Waals surface area contributed by atoms with E-state index >= 15 is 0 Å². The molecule has 98 valence electrons. The number of nitrogens with zero attached hydrogens (tertiary/aromatic N) is 1. The van der Waals surface area contributed by atoms with Gasteiger partial charge in [-0.15, -0.1) is 12.4 Å². The van der Waals surface area contributed by atoms with Gasteiger partial charge in [-0.05, 0) is 51.2 Å². The maximum atomic E-state index is 3.51. The van der Waals surface area contributed by atoms with Crippen LogP contribution in [0.5, 0.6) is 0 Å². The van der Waals surface area contributed by atoms with E-state index in [4.69, 9.17) is 0 Å². The van der Waals surface area contributed by atoms with E-state index in [0.29, 0.717) is 0 Å². The van der Waals surface area contributed by atoms with E-state index in [0.717, 1.165) is 17.9 Å². The summed E-state index contributed by atoms with van der Waals surface area (Å²) in [5, 5.41) is 3.51. The Kier molecular flexibility index (Phi) is 8.43. The van der Waals surface area contributed by atoms with Crippen molar-refractivity contribution in [3.8, 4) is 0 Å². The van der Waals surface area contributed by atoms with Crippen LogP contribution in [0.25, 0.3) is 0 Å². The van der Waals surface area contributed by atoms with Crippen LogP contribution in [0.2, 0.25) is 0 Å². The summed E-state index contributed by atoms with van der Waals surface area (Å²) in [4.78, 5) is 2.64. The summed E-state index contributed by atoms with van der Waals surface area (Å²) >= 11 is 0. The topological polar surface area (TPSA) is 15.3 Å². The highest BCUT2D eigenvalue weighted by atomic mass is 35.5. The van der Waals surface area contributed by atoms with Crippen LogP contribution in [-0.4, -0.2) is 37.1 Å². The Morgan fingerprint density at radius 2 is 2.00 bits per heavy atom. The van der Waals surface area contributed by atoms with Crippen LogP contribution in [0.4, 0.5) is 0 Å². The number of piperidine rings is 1. The molecule has 2 nitrogen and oxygen atoms in total. The van der Waals surface area contributed by atoms with E-state index in [2.05, 4.69) is 37.9 Å². The van der Waals surface area contributed by atoms with Crippen LogP contribution in [0.3, 0.4) is 0 Å². The molecule has 1 rings (SSSR count). The fourth-order valence-electron chi connectivity index (χ4n) is 2.42. The zero-order valence-corrected chi connectivity index (χ0v) is 12.1. The molecule has 0 bridgehead atoms. The van der Waals surface area contributed by atoms with E-state index < -0.39 is 0 Å². The Hall–Kier alpha value is 0.210. The first-order valence-corrected chi connectivity index (χ1v) is 6.59. The SMILES string of the molecule is CCN(CC1CCCNC1)C(C)C(C)C.Cl. The molecular formula is C13H29ClN2. The molecule has 0 saturated carbocycles. The quantitative estimate of drug-likeness (QED) is 0.805. The lowest BCUT2D eigenvalue weighted by Crippen LogP contribution is -2.43. The lowest BCUT2D eigenvalue weighted by atomic mass is 9.96. The van der Waals surface area contributed by atoms with Gasteiger partial charge in [0.1, 0.15) is 0 Å². The van der Waals surface area contributed by atoms with Crippen LogP contribution in [0.15, 0.2) is 0 Å². The lowest BCUT2D eigenvalue weighted by molar-refractivity contribution is 0.140. The summed E-state index contributed by atoms with van der Waals surface area (Å²) < 4.78 is 0. The smallest absolute Gasteiger partial charge is 0.00899 e. The fourth-order valence-corrected chi connectivity index (χ4v) is 2.42. The van der Waals surface area contributed by atoms with E-state index in [1.165, 1.54) is 39.0 Å². The van der Waals surface area contributed by atoms with E-state index in [1.807, 2.05) is 0 Å². The van der Waals surface area contributed by atoms with Crippen molar-refractivity contribution in [3.05, 3.63) is 0 Å². The minimum absolute atomic E-state index is 0. The van der Waals surface area contributed by atoms with Crippen molar-refractivity contribution in [1.29, 1.82) is 0 Å². The second-order valence-electron chi connectivity index (χ2n) is 5.28. The van der Waals surface area contributed by atoms with Crippen molar-refractivity contribution in [2.75, 3.05) is 26.2 Å². The van der Waals surface area contributed by atoms with Gasteiger partial charge < -0.3 is 10.2 Å². The molecule has 0 aromatic heterocycles. The minimum Gasteiger partial charge on any atom is -0.316 e. The first-order valence-electron chi connectivity index (χ1n) is 6.59. The molecule has 2 atom stereocenters. The Labute approximate surface area is 108 Å². The van der Waals surface area contributed by atoms with Gasteiger partial charge >= 0.3 is 0 Å². The Balaban J connectivity index is 0.00000225. The molecule has 0 radical (unpaired) electrons. The third-order valence-electron chi connectivity index (χ3n) is 3.84. The van der Waals surface area contributed by atoms with Crippen LogP contribution in [-0.2, 0) is 0 Å². The van der Waals surface area contributed by atoms with Crippen LogP contribution >= 0.6 is 12.4 Å². The van der Waals surface area contributed by atoms with Crippen molar-refractivity contribution in [2.24, 2.45) is 11.8 Å². The maximum Gasteiger partial charge on any atom is 0.00899 e. The van der Waals surface area contributed by atoms with Crippen LogP contribution < -0.4 is 5.32 Å². The number of hydrogen-bond acceptors (Lipinski definition) is 2. The third-order valence-corrected chi connectivity index (χ3v) is 3.84. The van der Waals surface area contributed by atoms with Gasteiger partial charge in [-0.25, -0.2) is 0 Å². The van der Waals surface area contributed by atoms with Crippen molar-refractivity contribution in [2.45, 2.75) is 46.6 Å². The zero-order valence-electron chi connectivity index (χ0n) is 11.3. The first kappa shape index (κ1) is 16.2. The summed E-state index contributed by atoms with van der Waals surface area (Å²) in [7, 11) is 0. The maximum absolute atomic E-state index is 3.51. The average molecular weight is 249 g/mol. The largest absolute Gasteiger partial charge is 0.316 e. The highest BCUT2D eigenvalue weighted by molar-refractivity contribution is 5.85. The van der Waals surface area contributed by atoms with Gasteiger partial charge in [0.25, 0.3) is 0 Å². The lowest BCUT2D eigenvalue weighted by Gasteiger charge is -2.35. The van der Waals surface area contributed by atoms with Gasteiger partial charge in [0.2, 0.25) is 0 Å². The number of halogens is 1. The monoisotopic (exact) mass is 248 g/mol. The van der Waals surface area contributed by atoms with Crippen molar-refractivity contribution < 1.29 is 0 Å². The second kappa shape index (κ2) is 8.32. The highest BCUT2D eigenvalue weighted by Crippen LogP contribution is 2.16. The molecule has 0 aromatic carbocycles. The molecular weight excluding hydrogens is 220 g/mol. The molecule has 1 N–H and O–H groups in total. The number of nitrogens with one attached hydrogen (secondary N) is 1. The van der Waals surface area contributed by atoms with E-state index in [1.54, 1.807) is 0 Å². The standard InChI is InChI=1S/C13H28N2.ClH/c1-5-15(12(4)11(2)3)10-13-7-6-8-14-9-13;/h11-14H,5-10H2,1-4H3;1H. The molecule has 1 heterocycles. The fraction of sp³-hybridized carbons (Fsp3) is 1.00. The Morgan fingerprint density at radius 1 is 1.31 bits per heavy atom. The summed E-state index contributed by atoms with van der Waals surface area (Å²) in [6, 6.07) is 0.719. The molecule has 0 amide bonds. The van der Waals surface area contributed by atoms with Crippen molar-refractivity contribution >= 4 is 12.4 Å². The van der Waals surface area contributed by atoms with Crippen molar-refractivity contribution in [3.63, 3.8) is 0 Å². The predicted molar refractivity (Wildman–Crippen MR) is 74.4 cm³/mol. The number of hydrogen-bond donors (Lipinski definition) is 1. The molecule has 1 aliphatic heterocycles. The average Bonchev–Trinajstić information content (AvgIpc) is 2.26. The van der Waals surface area contributed by atoms with E-state index in [9.17, 15) is 0 Å². The third kappa shape index (κ3) is 5.03. The van der Waals surface area contributed by atoms with Gasteiger partial charge in [-0.1, -0.05) is 20.8 Å². The van der Waals surface area contributed by atoms with Gasteiger partial charge in [-0.3, -0.25) is 0 Å². The first-order chi connectivity index (χ1) is 7.15. The Morgan fingerprint density at radius 3 is 2.44 bits per heavy atom. The van der Waals surface area contributed by atoms with E-state index in [-0.39, 0.29) is 12.4 Å². The molecule has 3 heteroatoms.